The molecule has 0 spiro atoms. The molecule has 2 aromatic heterocycles. The van der Waals surface area contributed by atoms with E-state index >= 15 is 0 Å². The number of nitrogens with zero attached hydrogens (tertiary/aromatic N) is 2. The minimum absolute atomic E-state index is 0.516. The maximum Gasteiger partial charge on any atom is 0.140 e. The fourth-order valence-corrected chi connectivity index (χ4v) is 3.41. The Morgan fingerprint density at radius 1 is 1.14 bits per heavy atom. The molecular weight excluding hydrogens is 312 g/mol. The van der Waals surface area contributed by atoms with Crippen molar-refractivity contribution in [2.45, 2.75) is 24.3 Å². The van der Waals surface area contributed by atoms with Crippen LogP contribution >= 0.6 is 23.1 Å². The van der Waals surface area contributed by atoms with Gasteiger partial charge in [0.2, 0.25) is 0 Å². The molecule has 2 heterocycles. The fourth-order valence-electron chi connectivity index (χ4n) is 1.84. The summed E-state index contributed by atoms with van der Waals surface area (Å²) in [5, 5.41) is 4.11. The monoisotopic (exact) mass is 328 g/mol. The third kappa shape index (κ3) is 4.32. The SMILES string of the molecule is Cc1ccc(OCc2nc(CSc3ccccn3)cs2)cc1. The van der Waals surface area contributed by atoms with Gasteiger partial charge in [0.1, 0.15) is 17.4 Å². The Kier molecular flexibility index (Phi) is 5.08. The van der Waals surface area contributed by atoms with Gasteiger partial charge in [-0.25, -0.2) is 9.97 Å². The largest absolute Gasteiger partial charge is 0.486 e. The molecule has 0 saturated heterocycles. The van der Waals surface area contributed by atoms with Crippen LogP contribution in [-0.2, 0) is 12.4 Å². The highest BCUT2D eigenvalue weighted by atomic mass is 32.2. The van der Waals surface area contributed by atoms with Gasteiger partial charge in [0.05, 0.1) is 10.7 Å². The molecule has 3 nitrogen and oxygen atoms in total. The molecule has 112 valence electrons. The van der Waals surface area contributed by atoms with E-state index in [-0.39, 0.29) is 0 Å². The molecule has 3 rings (SSSR count). The lowest BCUT2D eigenvalue weighted by molar-refractivity contribution is 0.305. The lowest BCUT2D eigenvalue weighted by Crippen LogP contribution is -1.95. The van der Waals surface area contributed by atoms with E-state index in [1.165, 1.54) is 5.56 Å². The Labute approximate surface area is 138 Å². The second-order valence-electron chi connectivity index (χ2n) is 4.79. The zero-order chi connectivity index (χ0) is 15.2. The average molecular weight is 328 g/mol. The predicted molar refractivity (Wildman–Crippen MR) is 91.4 cm³/mol. The molecule has 3 aromatic rings. The van der Waals surface area contributed by atoms with Crippen LogP contribution in [0.3, 0.4) is 0 Å². The Balaban J connectivity index is 1.51. The number of hydrogen-bond donors (Lipinski definition) is 0. The summed E-state index contributed by atoms with van der Waals surface area (Å²) in [7, 11) is 0. The molecule has 1 aromatic carbocycles. The summed E-state index contributed by atoms with van der Waals surface area (Å²) in [6.07, 6.45) is 1.81. The summed E-state index contributed by atoms with van der Waals surface area (Å²) >= 11 is 3.33. The maximum atomic E-state index is 5.75. The van der Waals surface area contributed by atoms with Crippen LogP contribution in [0.15, 0.2) is 59.1 Å². The van der Waals surface area contributed by atoms with Crippen molar-refractivity contribution in [1.82, 2.24) is 9.97 Å². The number of aromatic nitrogens is 2. The first-order valence-electron chi connectivity index (χ1n) is 6.96. The van der Waals surface area contributed by atoms with E-state index in [0.29, 0.717) is 6.61 Å². The lowest BCUT2D eigenvalue weighted by atomic mass is 10.2. The minimum Gasteiger partial charge on any atom is -0.486 e. The number of pyridine rings is 1. The highest BCUT2D eigenvalue weighted by Crippen LogP contribution is 2.22. The van der Waals surface area contributed by atoms with E-state index in [1.807, 2.05) is 48.7 Å². The first-order chi connectivity index (χ1) is 10.8. The van der Waals surface area contributed by atoms with E-state index in [2.05, 4.69) is 22.3 Å². The van der Waals surface area contributed by atoms with Crippen LogP contribution in [0.1, 0.15) is 16.3 Å². The zero-order valence-corrected chi connectivity index (χ0v) is 13.9. The van der Waals surface area contributed by atoms with E-state index < -0.39 is 0 Å². The zero-order valence-electron chi connectivity index (χ0n) is 12.2. The highest BCUT2D eigenvalue weighted by Gasteiger charge is 2.04. The number of thioether (sulfide) groups is 1. The molecule has 0 bridgehead atoms. The third-order valence-corrected chi connectivity index (χ3v) is 4.84. The molecule has 0 aliphatic carbocycles. The number of ether oxygens (including phenoxy) is 1. The van der Waals surface area contributed by atoms with Crippen LogP contribution in [0.25, 0.3) is 0 Å². The fraction of sp³-hybridized carbons (Fsp3) is 0.176. The van der Waals surface area contributed by atoms with Crippen LogP contribution in [0, 0.1) is 6.92 Å². The normalized spacial score (nSPS) is 10.6. The Morgan fingerprint density at radius 3 is 2.77 bits per heavy atom. The number of aryl methyl sites for hydroxylation is 1. The molecule has 0 saturated carbocycles. The van der Waals surface area contributed by atoms with Crippen LogP contribution in [-0.4, -0.2) is 9.97 Å². The number of thiazole rings is 1. The second-order valence-corrected chi connectivity index (χ2v) is 6.73. The first-order valence-corrected chi connectivity index (χ1v) is 8.83. The van der Waals surface area contributed by atoms with Crippen molar-refractivity contribution in [2.24, 2.45) is 0 Å². The third-order valence-electron chi connectivity index (χ3n) is 2.99. The smallest absolute Gasteiger partial charge is 0.140 e. The summed E-state index contributed by atoms with van der Waals surface area (Å²) < 4.78 is 5.75. The average Bonchev–Trinajstić information content (AvgIpc) is 3.01. The van der Waals surface area contributed by atoms with Gasteiger partial charge in [-0.05, 0) is 31.2 Å². The summed E-state index contributed by atoms with van der Waals surface area (Å²) in [5.74, 6) is 1.71. The molecule has 0 atom stereocenters. The minimum atomic E-state index is 0.516. The molecule has 0 aliphatic rings. The second kappa shape index (κ2) is 7.42. The van der Waals surface area contributed by atoms with Crippen molar-refractivity contribution in [3.8, 4) is 5.75 Å². The van der Waals surface area contributed by atoms with E-state index in [4.69, 9.17) is 4.74 Å². The van der Waals surface area contributed by atoms with Crippen molar-refractivity contribution in [3.63, 3.8) is 0 Å². The van der Waals surface area contributed by atoms with Gasteiger partial charge in [-0.3, -0.25) is 0 Å². The molecule has 0 unspecified atom stereocenters. The van der Waals surface area contributed by atoms with Gasteiger partial charge in [0.25, 0.3) is 0 Å². The van der Waals surface area contributed by atoms with Crippen molar-refractivity contribution in [1.29, 1.82) is 0 Å². The molecule has 0 fully saturated rings. The molecule has 22 heavy (non-hydrogen) atoms. The molecule has 0 N–H and O–H groups in total. The first kappa shape index (κ1) is 15.1. The van der Waals surface area contributed by atoms with E-state index in [1.54, 1.807) is 23.1 Å². The molecule has 5 heteroatoms. The van der Waals surface area contributed by atoms with Gasteiger partial charge >= 0.3 is 0 Å². The van der Waals surface area contributed by atoms with Gasteiger partial charge in [-0.2, -0.15) is 0 Å². The van der Waals surface area contributed by atoms with Crippen molar-refractivity contribution >= 4 is 23.1 Å². The summed E-state index contributed by atoms with van der Waals surface area (Å²) in [6, 6.07) is 14.0. The van der Waals surface area contributed by atoms with E-state index in [0.717, 1.165) is 27.2 Å². The van der Waals surface area contributed by atoms with Crippen LogP contribution in [0.5, 0.6) is 5.75 Å². The summed E-state index contributed by atoms with van der Waals surface area (Å²) in [5.41, 5.74) is 2.30. The van der Waals surface area contributed by atoms with Gasteiger partial charge in [-0.15, -0.1) is 23.1 Å². The summed E-state index contributed by atoms with van der Waals surface area (Å²) in [6.45, 7) is 2.58. The van der Waals surface area contributed by atoms with Crippen LogP contribution in [0.2, 0.25) is 0 Å². The number of rotatable bonds is 6. The summed E-state index contributed by atoms with van der Waals surface area (Å²) in [4.78, 5) is 8.90. The Morgan fingerprint density at radius 2 is 2.00 bits per heavy atom. The van der Waals surface area contributed by atoms with Gasteiger partial charge in [0.15, 0.2) is 0 Å². The predicted octanol–water partition coefficient (Wildman–Crippen LogP) is 4.72. The van der Waals surface area contributed by atoms with Gasteiger partial charge in [0, 0.05) is 17.3 Å². The highest BCUT2D eigenvalue weighted by molar-refractivity contribution is 7.98. The van der Waals surface area contributed by atoms with Crippen molar-refractivity contribution < 1.29 is 4.74 Å². The topological polar surface area (TPSA) is 35.0 Å². The Bertz CT molecular complexity index is 711. The van der Waals surface area contributed by atoms with Crippen molar-refractivity contribution in [3.05, 3.63) is 70.3 Å². The molecule has 0 radical (unpaired) electrons. The van der Waals surface area contributed by atoms with E-state index in [9.17, 15) is 0 Å². The number of hydrogen-bond acceptors (Lipinski definition) is 5. The molecular formula is C17H16N2OS2. The number of benzene rings is 1. The van der Waals surface area contributed by atoms with Crippen LogP contribution in [0.4, 0.5) is 0 Å². The Hall–Kier alpha value is -1.85. The van der Waals surface area contributed by atoms with Gasteiger partial charge in [-0.1, -0.05) is 23.8 Å². The van der Waals surface area contributed by atoms with Gasteiger partial charge < -0.3 is 4.74 Å². The molecule has 0 aliphatic heterocycles. The molecule has 0 amide bonds. The standard InChI is InChI=1S/C17H16N2OS2/c1-13-5-7-15(8-6-13)20-10-17-19-14(12-22-17)11-21-16-4-2-3-9-18-16/h2-9,12H,10-11H2,1H3. The quantitative estimate of drug-likeness (QED) is 0.613. The maximum absolute atomic E-state index is 5.75. The van der Waals surface area contributed by atoms with Crippen LogP contribution < -0.4 is 4.74 Å². The van der Waals surface area contributed by atoms with Crippen molar-refractivity contribution in [2.75, 3.05) is 0 Å². The lowest BCUT2D eigenvalue weighted by Gasteiger charge is -2.03.